The van der Waals surface area contributed by atoms with Crippen LogP contribution in [0.2, 0.25) is 0 Å². The van der Waals surface area contributed by atoms with Crippen LogP contribution in [0.1, 0.15) is 29.3 Å². The van der Waals surface area contributed by atoms with E-state index in [1.54, 1.807) is 29.2 Å². The van der Waals surface area contributed by atoms with Gasteiger partial charge in [-0.25, -0.2) is 8.42 Å². The molecule has 0 spiro atoms. The number of aryl methyl sites for hydroxylation is 1. The van der Waals surface area contributed by atoms with Crippen molar-refractivity contribution in [1.29, 1.82) is 0 Å². The van der Waals surface area contributed by atoms with E-state index in [-0.39, 0.29) is 23.9 Å². The Balaban J connectivity index is 1.64. The molecule has 1 saturated heterocycles. The van der Waals surface area contributed by atoms with Gasteiger partial charge in [0.25, 0.3) is 5.91 Å². The number of rotatable bonds is 6. The van der Waals surface area contributed by atoms with E-state index in [2.05, 4.69) is 6.92 Å². The number of carbonyl (C=O) groups is 1. The van der Waals surface area contributed by atoms with E-state index in [0.717, 1.165) is 12.8 Å². The van der Waals surface area contributed by atoms with E-state index >= 15 is 0 Å². The minimum atomic E-state index is -3.44. The summed E-state index contributed by atoms with van der Waals surface area (Å²) in [5.41, 5.74) is 1.80. The predicted molar refractivity (Wildman–Crippen MR) is 100 cm³/mol. The number of sulfone groups is 1. The van der Waals surface area contributed by atoms with Crippen LogP contribution in [0, 0.1) is 0 Å². The molecular formula is C20H23NO4S. The molecule has 5 nitrogen and oxygen atoms in total. The molecule has 2 aromatic rings. The van der Waals surface area contributed by atoms with E-state index < -0.39 is 15.1 Å². The van der Waals surface area contributed by atoms with Crippen LogP contribution in [-0.4, -0.2) is 44.7 Å². The Morgan fingerprint density at radius 2 is 1.69 bits per heavy atom. The predicted octanol–water partition coefficient (Wildman–Crippen LogP) is 2.95. The summed E-state index contributed by atoms with van der Waals surface area (Å²) in [6.45, 7) is 2.57. The number of hydrogen-bond donors (Lipinski definition) is 0. The third-order valence-corrected chi connectivity index (χ3v) is 6.81. The van der Waals surface area contributed by atoms with Crippen LogP contribution >= 0.6 is 0 Å². The number of methoxy groups -OCH3 is 1. The highest BCUT2D eigenvalue weighted by atomic mass is 32.2. The van der Waals surface area contributed by atoms with E-state index in [0.29, 0.717) is 11.3 Å². The molecule has 0 N–H and O–H groups in total. The first-order valence-corrected chi connectivity index (χ1v) is 10.3. The molecule has 0 unspecified atom stereocenters. The van der Waals surface area contributed by atoms with Crippen molar-refractivity contribution in [3.05, 3.63) is 59.7 Å². The van der Waals surface area contributed by atoms with Crippen molar-refractivity contribution in [1.82, 2.24) is 4.90 Å². The van der Waals surface area contributed by atoms with Gasteiger partial charge < -0.3 is 9.64 Å². The molecule has 0 bridgehead atoms. The van der Waals surface area contributed by atoms with Gasteiger partial charge in [0.2, 0.25) is 0 Å². The first-order chi connectivity index (χ1) is 12.5. The van der Waals surface area contributed by atoms with Gasteiger partial charge in [-0.1, -0.05) is 25.5 Å². The lowest BCUT2D eigenvalue weighted by atomic mass is 10.1. The maximum atomic E-state index is 12.7. The summed E-state index contributed by atoms with van der Waals surface area (Å²) in [4.78, 5) is 14.4. The number of amides is 1. The second-order valence-corrected chi connectivity index (χ2v) is 8.73. The van der Waals surface area contributed by atoms with Gasteiger partial charge >= 0.3 is 0 Å². The molecule has 0 radical (unpaired) electrons. The second-order valence-electron chi connectivity index (χ2n) is 6.50. The molecule has 1 fully saturated rings. The molecule has 26 heavy (non-hydrogen) atoms. The molecule has 0 aromatic heterocycles. The van der Waals surface area contributed by atoms with Gasteiger partial charge in [0, 0.05) is 18.7 Å². The van der Waals surface area contributed by atoms with Crippen molar-refractivity contribution in [3.63, 3.8) is 0 Å². The average Bonchev–Trinajstić information content (AvgIpc) is 2.61. The van der Waals surface area contributed by atoms with Gasteiger partial charge in [-0.05, 0) is 48.4 Å². The van der Waals surface area contributed by atoms with Crippen molar-refractivity contribution < 1.29 is 17.9 Å². The van der Waals surface area contributed by atoms with Crippen LogP contribution < -0.4 is 4.74 Å². The van der Waals surface area contributed by atoms with E-state index in [4.69, 9.17) is 4.74 Å². The van der Waals surface area contributed by atoms with Crippen molar-refractivity contribution in [2.45, 2.75) is 29.9 Å². The number of likely N-dealkylation sites (tertiary alicyclic amines) is 1. The molecule has 6 heteroatoms. The lowest BCUT2D eigenvalue weighted by Crippen LogP contribution is -2.56. The maximum absolute atomic E-state index is 12.7. The SMILES string of the molecule is CCCc1ccc(C(=O)N2CC(S(=O)(=O)c3ccc(OC)cc3)C2)cc1. The summed E-state index contributed by atoms with van der Waals surface area (Å²) >= 11 is 0. The van der Waals surface area contributed by atoms with Crippen LogP contribution in [0.25, 0.3) is 0 Å². The van der Waals surface area contributed by atoms with Crippen molar-refractivity contribution >= 4 is 15.7 Å². The highest BCUT2D eigenvalue weighted by Crippen LogP contribution is 2.26. The van der Waals surface area contributed by atoms with Crippen LogP contribution in [0.15, 0.2) is 53.4 Å². The molecule has 0 aliphatic carbocycles. The second kappa shape index (κ2) is 7.50. The van der Waals surface area contributed by atoms with Gasteiger partial charge in [-0.3, -0.25) is 4.79 Å². The standard InChI is InChI=1S/C20H23NO4S/c1-3-4-15-5-7-16(8-6-15)20(22)21-13-19(14-21)26(23,24)18-11-9-17(25-2)10-12-18/h5-12,19H,3-4,13-14H2,1-2H3. The van der Waals surface area contributed by atoms with Gasteiger partial charge in [-0.15, -0.1) is 0 Å². The Bertz CT molecular complexity index is 867. The molecule has 0 atom stereocenters. The van der Waals surface area contributed by atoms with E-state index in [1.807, 2.05) is 24.3 Å². The largest absolute Gasteiger partial charge is 0.497 e. The lowest BCUT2D eigenvalue weighted by Gasteiger charge is -2.38. The fourth-order valence-electron chi connectivity index (χ4n) is 3.04. The maximum Gasteiger partial charge on any atom is 0.253 e. The summed E-state index contributed by atoms with van der Waals surface area (Å²) in [6.07, 6.45) is 2.05. The normalized spacial score (nSPS) is 14.8. The van der Waals surface area contributed by atoms with Crippen LogP contribution in [-0.2, 0) is 16.3 Å². The minimum absolute atomic E-state index is 0.116. The third kappa shape index (κ3) is 3.60. The number of ether oxygens (including phenoxy) is 1. The summed E-state index contributed by atoms with van der Waals surface area (Å²) < 4.78 is 30.4. The van der Waals surface area contributed by atoms with Gasteiger partial charge in [0.1, 0.15) is 11.0 Å². The smallest absolute Gasteiger partial charge is 0.253 e. The zero-order valence-corrected chi connectivity index (χ0v) is 15.8. The molecule has 0 saturated carbocycles. The minimum Gasteiger partial charge on any atom is -0.497 e. The van der Waals surface area contributed by atoms with Gasteiger partial charge in [0.15, 0.2) is 9.84 Å². The summed E-state index contributed by atoms with van der Waals surface area (Å²) in [6, 6.07) is 13.9. The summed E-state index contributed by atoms with van der Waals surface area (Å²) in [7, 11) is -1.90. The highest BCUT2D eigenvalue weighted by Gasteiger charge is 2.40. The number of nitrogens with zero attached hydrogens (tertiary/aromatic N) is 1. The first-order valence-electron chi connectivity index (χ1n) is 8.72. The highest BCUT2D eigenvalue weighted by molar-refractivity contribution is 7.92. The quantitative estimate of drug-likeness (QED) is 0.781. The fourth-order valence-corrected chi connectivity index (χ4v) is 4.70. The molecule has 3 rings (SSSR count). The Labute approximate surface area is 154 Å². The first kappa shape index (κ1) is 18.5. The Hall–Kier alpha value is -2.34. The molecule has 1 aliphatic heterocycles. The van der Waals surface area contributed by atoms with E-state index in [1.165, 1.54) is 12.7 Å². The molecule has 1 aliphatic rings. The van der Waals surface area contributed by atoms with Crippen LogP contribution in [0.5, 0.6) is 5.75 Å². The monoisotopic (exact) mass is 373 g/mol. The molecule has 138 valence electrons. The molecule has 1 heterocycles. The third-order valence-electron chi connectivity index (χ3n) is 4.70. The lowest BCUT2D eigenvalue weighted by molar-refractivity contribution is 0.0659. The van der Waals surface area contributed by atoms with Gasteiger partial charge in [0.05, 0.1) is 12.0 Å². The Kier molecular flexibility index (Phi) is 5.32. The number of carbonyl (C=O) groups excluding carboxylic acids is 1. The molecular weight excluding hydrogens is 350 g/mol. The zero-order chi connectivity index (χ0) is 18.7. The topological polar surface area (TPSA) is 63.7 Å². The van der Waals surface area contributed by atoms with Crippen LogP contribution in [0.4, 0.5) is 0 Å². The van der Waals surface area contributed by atoms with Crippen LogP contribution in [0.3, 0.4) is 0 Å². The van der Waals surface area contributed by atoms with Crippen molar-refractivity contribution in [3.8, 4) is 5.75 Å². The van der Waals surface area contributed by atoms with Crippen molar-refractivity contribution in [2.24, 2.45) is 0 Å². The summed E-state index contributed by atoms with van der Waals surface area (Å²) in [5.74, 6) is 0.495. The van der Waals surface area contributed by atoms with Crippen molar-refractivity contribution in [2.75, 3.05) is 20.2 Å². The van der Waals surface area contributed by atoms with Gasteiger partial charge in [-0.2, -0.15) is 0 Å². The fraction of sp³-hybridized carbons (Fsp3) is 0.350. The number of benzene rings is 2. The van der Waals surface area contributed by atoms with E-state index in [9.17, 15) is 13.2 Å². The average molecular weight is 373 g/mol. The molecule has 1 amide bonds. The Morgan fingerprint density at radius 1 is 1.08 bits per heavy atom. The summed E-state index contributed by atoms with van der Waals surface area (Å²) in [5, 5.41) is -0.556. The number of hydrogen-bond acceptors (Lipinski definition) is 4. The Morgan fingerprint density at radius 3 is 2.23 bits per heavy atom. The molecule has 2 aromatic carbocycles. The zero-order valence-electron chi connectivity index (χ0n) is 15.0.